The van der Waals surface area contributed by atoms with Gasteiger partial charge in [0.25, 0.3) is 5.91 Å². The van der Waals surface area contributed by atoms with Gasteiger partial charge in [-0.2, -0.15) is 0 Å². The van der Waals surface area contributed by atoms with E-state index in [1.54, 1.807) is 52.1 Å². The van der Waals surface area contributed by atoms with Crippen molar-refractivity contribution in [2.24, 2.45) is 0 Å². The average molecular weight is 759 g/mol. The van der Waals surface area contributed by atoms with E-state index in [1.165, 1.54) is 11.0 Å². The number of rotatable bonds is 16. The molecule has 17 nitrogen and oxygen atoms in total. The van der Waals surface area contributed by atoms with Crippen LogP contribution in [0.25, 0.3) is 11.4 Å². The second kappa shape index (κ2) is 17.6. The maximum Gasteiger partial charge on any atom is 0.409 e. The molecular weight excluding hydrogens is 711 g/mol. The second-order valence-electron chi connectivity index (χ2n) is 12.9. The van der Waals surface area contributed by atoms with Crippen LogP contribution in [-0.2, 0) is 42.4 Å². The highest BCUT2D eigenvalue weighted by atomic mass is 31.2. The van der Waals surface area contributed by atoms with Crippen LogP contribution in [-0.4, -0.2) is 121 Å². The molecule has 0 spiro atoms. The zero-order valence-corrected chi connectivity index (χ0v) is 31.3. The molecule has 0 aliphatic carbocycles. The molecule has 18 heteroatoms. The third kappa shape index (κ3) is 9.39. The number of carbonyl (C=O) groups is 5. The predicted octanol–water partition coefficient (Wildman–Crippen LogP) is 3.07. The van der Waals surface area contributed by atoms with E-state index in [-0.39, 0.29) is 56.7 Å². The van der Waals surface area contributed by atoms with Crippen LogP contribution in [0.2, 0.25) is 0 Å². The Hall–Kier alpha value is -4.44. The molecule has 53 heavy (non-hydrogen) atoms. The molecule has 0 bridgehead atoms. The van der Waals surface area contributed by atoms with Crippen molar-refractivity contribution >= 4 is 42.9 Å². The number of aromatic nitrogens is 2. The molecule has 0 radical (unpaired) electrons. The van der Waals surface area contributed by atoms with Crippen molar-refractivity contribution in [1.29, 1.82) is 0 Å². The van der Waals surface area contributed by atoms with Crippen molar-refractivity contribution in [2.75, 3.05) is 57.5 Å². The molecule has 3 aliphatic heterocycles. The number of methoxy groups -OCH3 is 1. The largest absolute Gasteiger partial charge is 0.450 e. The summed E-state index contributed by atoms with van der Waals surface area (Å²) in [5, 5.41) is 3.52. The molecule has 2 N–H and O–H groups in total. The van der Waals surface area contributed by atoms with E-state index in [2.05, 4.69) is 15.6 Å². The van der Waals surface area contributed by atoms with Crippen molar-refractivity contribution < 1.29 is 52.0 Å². The molecule has 5 rings (SSSR count). The first kappa shape index (κ1) is 39.8. The van der Waals surface area contributed by atoms with E-state index in [0.717, 1.165) is 6.42 Å². The second-order valence-corrected chi connectivity index (χ2v) is 15.6. The zero-order valence-electron chi connectivity index (χ0n) is 30.4. The highest BCUT2D eigenvalue weighted by Crippen LogP contribution is 2.76. The van der Waals surface area contributed by atoms with Crippen LogP contribution in [0.5, 0.6) is 0 Å². The number of amides is 2. The number of benzene rings is 1. The van der Waals surface area contributed by atoms with Crippen LogP contribution in [0.4, 0.5) is 10.6 Å². The van der Waals surface area contributed by atoms with Crippen LogP contribution in [0, 0.1) is 0 Å². The number of nitrogens with one attached hydrogen (secondary N) is 2. The van der Waals surface area contributed by atoms with E-state index in [1.807, 2.05) is 11.0 Å². The van der Waals surface area contributed by atoms with Crippen LogP contribution < -0.4 is 15.5 Å². The highest BCUT2D eigenvalue weighted by Gasteiger charge is 2.75. The van der Waals surface area contributed by atoms with Gasteiger partial charge in [-0.25, -0.2) is 19.3 Å². The lowest BCUT2D eigenvalue weighted by atomic mass is 10.0. The molecule has 2 amide bonds. The molecule has 3 aliphatic rings. The Balaban J connectivity index is 1.50. The van der Waals surface area contributed by atoms with Gasteiger partial charge in [-0.3, -0.25) is 23.7 Å². The van der Waals surface area contributed by atoms with Crippen molar-refractivity contribution in [1.82, 2.24) is 25.5 Å². The Kier molecular flexibility index (Phi) is 13.2. The summed E-state index contributed by atoms with van der Waals surface area (Å²) in [5.74, 6) is -2.48. The number of nitrogens with zero attached hydrogens (tertiary/aromatic N) is 4. The molecule has 3 saturated heterocycles. The SMILES string of the molecule is CCCC(=O)OC(OC(=O)CCC)OP1(=O)C[C@@]1(NC(=O)c1cc(N2CC[C@H](OC)C2)nc(-c2ccccc2)n1)C(=O)C1CN(C(=O)OCC)CCN1. The first-order chi connectivity index (χ1) is 25.4. The monoisotopic (exact) mass is 758 g/mol. The number of hydrogen-bond donors (Lipinski definition) is 2. The minimum absolute atomic E-state index is 0.0410. The number of carbonyl (C=O) groups excluding carboxylic acids is 5. The molecule has 1 aromatic carbocycles. The standard InChI is InChI=1S/C35H47N6O11P/c1-5-11-28(42)50-34(51-29(43)12-6-2)52-53(47)22-35(53,30(44)26-21-41(18-16-36-26)33(46)49-7-3)39-32(45)25-19-27(40-17-15-24(20-40)48-4)38-31(37-25)23-13-9-8-10-14-23/h8-10,13-14,19,24,26,34,36H,5-7,11-12,15-18,20-22H2,1-4H3,(H,39,45)/t24-,26?,35-,53?/m0/s1. The Bertz CT molecular complexity index is 1690. The average Bonchev–Trinajstić information content (AvgIpc) is 3.45. The van der Waals surface area contributed by atoms with Gasteiger partial charge >= 0.3 is 24.5 Å². The Morgan fingerprint density at radius 2 is 1.70 bits per heavy atom. The number of ether oxygens (including phenoxy) is 4. The van der Waals surface area contributed by atoms with Gasteiger partial charge in [0.2, 0.25) is 7.37 Å². The van der Waals surface area contributed by atoms with Crippen molar-refractivity contribution in [2.45, 2.75) is 76.8 Å². The van der Waals surface area contributed by atoms with Gasteiger partial charge in [0.05, 0.1) is 24.9 Å². The summed E-state index contributed by atoms with van der Waals surface area (Å²) in [6, 6.07) is 9.41. The van der Waals surface area contributed by atoms with Gasteiger partial charge in [-0.05, 0) is 26.2 Å². The maximum atomic E-state index is 14.6. The summed E-state index contributed by atoms with van der Waals surface area (Å²) in [5.41, 5.74) is 0.513. The lowest BCUT2D eigenvalue weighted by molar-refractivity contribution is -0.234. The normalized spacial score (nSPS) is 23.7. The summed E-state index contributed by atoms with van der Waals surface area (Å²) in [6.45, 7) is 4.62. The molecule has 288 valence electrons. The van der Waals surface area contributed by atoms with E-state index < -0.39 is 61.1 Å². The summed E-state index contributed by atoms with van der Waals surface area (Å²) >= 11 is 0. The fourth-order valence-electron chi connectivity index (χ4n) is 6.18. The van der Waals surface area contributed by atoms with E-state index in [9.17, 15) is 28.5 Å². The maximum absolute atomic E-state index is 14.6. The lowest BCUT2D eigenvalue weighted by Gasteiger charge is -2.34. The summed E-state index contributed by atoms with van der Waals surface area (Å²) in [7, 11) is -2.69. The quantitative estimate of drug-likeness (QED) is 0.143. The topological polar surface area (TPSA) is 205 Å². The molecule has 3 fully saturated rings. The smallest absolute Gasteiger partial charge is 0.409 e. The summed E-state index contributed by atoms with van der Waals surface area (Å²) < 4.78 is 41.5. The number of esters is 2. The summed E-state index contributed by atoms with van der Waals surface area (Å²) in [4.78, 5) is 78.9. The molecule has 1 aromatic heterocycles. The highest BCUT2D eigenvalue weighted by molar-refractivity contribution is 7.70. The predicted molar refractivity (Wildman–Crippen MR) is 190 cm³/mol. The van der Waals surface area contributed by atoms with E-state index >= 15 is 0 Å². The first-order valence-corrected chi connectivity index (χ1v) is 19.7. The number of Topliss-reactive ketones (excluding diaryl/α,β-unsaturated/α-hetero) is 1. The number of hydrogen-bond acceptors (Lipinski definition) is 15. The fourth-order valence-corrected chi connectivity index (χ4v) is 8.67. The molecule has 2 aromatic rings. The Morgan fingerprint density at radius 3 is 2.32 bits per heavy atom. The van der Waals surface area contributed by atoms with Gasteiger partial charge in [0.15, 0.2) is 16.9 Å². The van der Waals surface area contributed by atoms with Crippen LogP contribution >= 0.6 is 7.37 Å². The number of anilines is 1. The van der Waals surface area contributed by atoms with Gasteiger partial charge in [0, 0.05) is 64.3 Å². The van der Waals surface area contributed by atoms with Crippen LogP contribution in [0.1, 0.15) is 63.4 Å². The number of ketones is 1. The van der Waals surface area contributed by atoms with Crippen molar-refractivity contribution in [3.05, 3.63) is 42.1 Å². The number of piperazine rings is 1. The Labute approximate surface area is 307 Å². The zero-order chi connectivity index (χ0) is 38.2. The molecular formula is C35H47N6O11P. The van der Waals surface area contributed by atoms with Crippen LogP contribution in [0.15, 0.2) is 36.4 Å². The fraction of sp³-hybridized carbons (Fsp3) is 0.571. The Morgan fingerprint density at radius 1 is 1.00 bits per heavy atom. The minimum atomic E-state index is -4.31. The van der Waals surface area contributed by atoms with E-state index in [0.29, 0.717) is 37.3 Å². The molecule has 4 heterocycles. The van der Waals surface area contributed by atoms with Gasteiger partial charge in [-0.1, -0.05) is 44.2 Å². The third-order valence-corrected chi connectivity index (χ3v) is 11.7. The van der Waals surface area contributed by atoms with E-state index in [4.69, 9.17) is 28.5 Å². The third-order valence-electron chi connectivity index (χ3n) is 9.06. The minimum Gasteiger partial charge on any atom is -0.450 e. The molecule has 4 atom stereocenters. The van der Waals surface area contributed by atoms with Crippen molar-refractivity contribution in [3.63, 3.8) is 0 Å². The summed E-state index contributed by atoms with van der Waals surface area (Å²) in [6.07, 6.45) is 0.271. The van der Waals surface area contributed by atoms with Crippen LogP contribution in [0.3, 0.4) is 0 Å². The lowest BCUT2D eigenvalue weighted by Crippen LogP contribution is -2.61. The molecule has 0 saturated carbocycles. The van der Waals surface area contributed by atoms with Crippen molar-refractivity contribution in [3.8, 4) is 11.4 Å². The van der Waals surface area contributed by atoms with Gasteiger partial charge in [0.1, 0.15) is 11.5 Å². The molecule has 2 unspecified atom stereocenters. The first-order valence-electron chi connectivity index (χ1n) is 17.9. The van der Waals surface area contributed by atoms with Gasteiger partial charge < -0.3 is 39.4 Å². The van der Waals surface area contributed by atoms with Gasteiger partial charge in [-0.15, -0.1) is 0 Å².